The van der Waals surface area contributed by atoms with Gasteiger partial charge in [-0.25, -0.2) is 0 Å². The highest BCUT2D eigenvalue weighted by Gasteiger charge is 2.48. The molecule has 0 amide bonds. The second-order valence-electron chi connectivity index (χ2n) is 27.6. The van der Waals surface area contributed by atoms with E-state index in [1.54, 1.807) is 7.11 Å². The molecule has 5 fully saturated rings. The number of halogens is 1. The summed E-state index contributed by atoms with van der Waals surface area (Å²) in [5.41, 5.74) is 6.35. The van der Waals surface area contributed by atoms with Crippen molar-refractivity contribution in [2.75, 3.05) is 20.3 Å². The van der Waals surface area contributed by atoms with Gasteiger partial charge in [0.1, 0.15) is 30.2 Å². The Hall–Kier alpha value is -4.17. The molecule has 0 bridgehead atoms. The minimum atomic E-state index is -1.08. The number of aliphatic hydroxyl groups is 5. The molecule has 0 aromatic heterocycles. The Balaban J connectivity index is 0.000000161. The van der Waals surface area contributed by atoms with E-state index in [9.17, 15) is 25.5 Å². The third-order valence-corrected chi connectivity index (χ3v) is 18.9. The second kappa shape index (κ2) is 27.9. The minimum Gasteiger partial charge on any atom is -0.497 e. The summed E-state index contributed by atoms with van der Waals surface area (Å²) in [6.07, 6.45) is 7.92. The number of benzene rings is 5. The van der Waals surface area contributed by atoms with Crippen LogP contribution in [0.3, 0.4) is 0 Å². The predicted octanol–water partition coefficient (Wildman–Crippen LogP) is 15.5. The average molecular weight is 1150 g/mol. The van der Waals surface area contributed by atoms with Gasteiger partial charge in [-0.2, -0.15) is 0 Å². The number of aliphatic hydroxyl groups excluding tert-OH is 2. The van der Waals surface area contributed by atoms with E-state index in [2.05, 4.69) is 74.4 Å². The molecule has 5 aromatic rings. The lowest BCUT2D eigenvalue weighted by atomic mass is 9.67. The van der Waals surface area contributed by atoms with Crippen LogP contribution in [0.5, 0.6) is 5.75 Å². The van der Waals surface area contributed by atoms with Gasteiger partial charge in [-0.15, -0.1) is 0 Å². The highest BCUT2D eigenvalue weighted by atomic mass is 35.5. The molecule has 2 aliphatic heterocycles. The number of rotatable bonds is 8. The number of fused-ring (bicyclic) bond motifs is 1. The largest absolute Gasteiger partial charge is 0.497 e. The molecule has 82 heavy (non-hydrogen) atoms. The maximum atomic E-state index is 10.8. The molecule has 11 heteroatoms. The van der Waals surface area contributed by atoms with Crippen molar-refractivity contribution in [3.63, 3.8) is 0 Å². The molecular formula is C71H99ClO10. The van der Waals surface area contributed by atoms with Crippen molar-refractivity contribution in [3.05, 3.63) is 171 Å². The third kappa shape index (κ3) is 17.3. The topological polar surface area (TPSA) is 147 Å². The molecule has 10 rings (SSSR count). The van der Waals surface area contributed by atoms with E-state index < -0.39 is 60.4 Å². The van der Waals surface area contributed by atoms with E-state index in [0.29, 0.717) is 34.7 Å². The normalized spacial score (nSPS) is 29.9. The molecule has 2 saturated heterocycles. The summed E-state index contributed by atoms with van der Waals surface area (Å²) in [6, 6.07) is 41.4. The SMILES string of the molecule is CC(C)(C)C1CCC(O)(c2ccc(Cl)cc2)CC1.CC(C)(C)C1CCC(O)(c2ccccc2)CC1.COc1ccc(C2(O)CCC(C(C)(C)C)CC2)cc1.Cc1ccc(C2OC3COC(c4ccc(C)cc4)OC3C(C(O)CO)O2)cc1. The van der Waals surface area contributed by atoms with Crippen LogP contribution in [-0.4, -0.2) is 70.3 Å². The van der Waals surface area contributed by atoms with Crippen molar-refractivity contribution in [1.29, 1.82) is 0 Å². The van der Waals surface area contributed by atoms with Gasteiger partial charge in [-0.05, 0) is 166 Å². The Labute approximate surface area is 496 Å². The first kappa shape index (κ1) is 65.4. The summed E-state index contributed by atoms with van der Waals surface area (Å²) in [5, 5.41) is 53.0. The van der Waals surface area contributed by atoms with Crippen LogP contribution in [0.15, 0.2) is 127 Å². The molecule has 0 radical (unpaired) electrons. The van der Waals surface area contributed by atoms with Gasteiger partial charge in [0.25, 0.3) is 0 Å². The standard InChI is InChI=1S/C22H26O6.C17H26O2.C16H23ClO.C16H24O/c1-13-3-7-15(8-4-13)21-25-12-18-20(28-21)19(17(24)11-23)27-22(26-18)16-9-5-14(2)6-10-16;1-16(2,3)13-9-11-17(18,12-10-13)14-5-7-15(19-4)8-6-14;1-15(2,3)12-8-10-16(18,11-9-12)13-4-6-14(17)7-5-13;1-15(2,3)13-9-11-16(17,12-10-13)14-7-5-4-6-8-14/h3-10,17-24H,11-12H2,1-2H3;5-8,13,18H,9-12H2,1-4H3;4-7,12,18H,8-11H2,1-3H3;4-8,13,17H,9-12H2,1-3H3. The summed E-state index contributed by atoms with van der Waals surface area (Å²) >= 11 is 5.90. The lowest BCUT2D eigenvalue weighted by molar-refractivity contribution is -0.373. The molecule has 5 N–H and O–H groups in total. The Morgan fingerprint density at radius 1 is 0.512 bits per heavy atom. The van der Waals surface area contributed by atoms with Crippen molar-refractivity contribution in [2.45, 2.75) is 207 Å². The molecule has 5 aromatic carbocycles. The molecule has 6 atom stereocenters. The van der Waals surface area contributed by atoms with Gasteiger partial charge >= 0.3 is 0 Å². The highest BCUT2D eigenvalue weighted by molar-refractivity contribution is 6.30. The van der Waals surface area contributed by atoms with Gasteiger partial charge in [0, 0.05) is 16.1 Å². The molecule has 6 unspecified atom stereocenters. The fourth-order valence-electron chi connectivity index (χ4n) is 12.7. The minimum absolute atomic E-state index is 0.309. The van der Waals surface area contributed by atoms with Gasteiger partial charge in [0.15, 0.2) is 12.6 Å². The lowest BCUT2D eigenvalue weighted by Crippen LogP contribution is -2.58. The number of ether oxygens (including phenoxy) is 5. The average Bonchev–Trinajstić information content (AvgIpc) is 3.64. The quantitative estimate of drug-likeness (QED) is 0.102. The highest BCUT2D eigenvalue weighted by Crippen LogP contribution is 2.48. The van der Waals surface area contributed by atoms with Crippen LogP contribution in [-0.2, 0) is 35.8 Å². The van der Waals surface area contributed by atoms with Crippen molar-refractivity contribution < 1.29 is 49.2 Å². The van der Waals surface area contributed by atoms with E-state index in [1.165, 1.54) is 0 Å². The van der Waals surface area contributed by atoms with Gasteiger partial charge in [-0.1, -0.05) is 188 Å². The summed E-state index contributed by atoms with van der Waals surface area (Å²) in [7, 11) is 1.66. The zero-order valence-corrected chi connectivity index (χ0v) is 52.1. The first-order valence-corrected chi connectivity index (χ1v) is 30.6. The zero-order chi connectivity index (χ0) is 59.7. The van der Waals surface area contributed by atoms with Crippen LogP contribution >= 0.6 is 11.6 Å². The molecular weight excluding hydrogens is 1050 g/mol. The monoisotopic (exact) mass is 1150 g/mol. The maximum Gasteiger partial charge on any atom is 0.184 e. The van der Waals surface area contributed by atoms with E-state index in [1.807, 2.05) is 129 Å². The van der Waals surface area contributed by atoms with E-state index in [-0.39, 0.29) is 0 Å². The smallest absolute Gasteiger partial charge is 0.184 e. The lowest BCUT2D eigenvalue weighted by Gasteiger charge is -2.47. The second-order valence-corrected chi connectivity index (χ2v) is 28.0. The van der Waals surface area contributed by atoms with Gasteiger partial charge in [0.2, 0.25) is 0 Å². The summed E-state index contributed by atoms with van der Waals surface area (Å²) < 4.78 is 29.3. The van der Waals surface area contributed by atoms with Crippen LogP contribution in [0.1, 0.15) is 191 Å². The van der Waals surface area contributed by atoms with Crippen LogP contribution in [0.2, 0.25) is 5.02 Å². The predicted molar refractivity (Wildman–Crippen MR) is 328 cm³/mol. The Kier molecular flexibility index (Phi) is 22.2. The summed E-state index contributed by atoms with van der Waals surface area (Å²) in [6.45, 7) is 24.6. The third-order valence-electron chi connectivity index (χ3n) is 18.7. The molecule has 10 nitrogen and oxygen atoms in total. The van der Waals surface area contributed by atoms with Crippen LogP contribution in [0.25, 0.3) is 0 Å². The Morgan fingerprint density at radius 2 is 0.890 bits per heavy atom. The van der Waals surface area contributed by atoms with Gasteiger partial charge in [-0.3, -0.25) is 0 Å². The molecule has 450 valence electrons. The van der Waals surface area contributed by atoms with Crippen LogP contribution < -0.4 is 4.74 Å². The molecule has 3 saturated carbocycles. The number of hydrogen-bond acceptors (Lipinski definition) is 10. The molecule has 5 aliphatic rings. The van der Waals surface area contributed by atoms with E-state index >= 15 is 0 Å². The number of hydrogen-bond donors (Lipinski definition) is 5. The molecule has 2 heterocycles. The zero-order valence-electron chi connectivity index (χ0n) is 51.4. The fraction of sp³-hybridized carbons (Fsp3) is 0.577. The molecule has 3 aliphatic carbocycles. The maximum absolute atomic E-state index is 10.8. The van der Waals surface area contributed by atoms with E-state index in [4.69, 9.17) is 35.3 Å². The van der Waals surface area contributed by atoms with Crippen molar-refractivity contribution in [1.82, 2.24) is 0 Å². The fourth-order valence-corrected chi connectivity index (χ4v) is 12.8. The number of methoxy groups -OCH3 is 1. The van der Waals surface area contributed by atoms with Gasteiger partial charge in [0.05, 0.1) is 37.1 Å². The molecule has 0 spiro atoms. The summed E-state index contributed by atoms with van der Waals surface area (Å²) in [5.74, 6) is 3.01. The van der Waals surface area contributed by atoms with E-state index in [0.717, 1.165) is 133 Å². The first-order chi connectivity index (χ1) is 38.6. The Morgan fingerprint density at radius 3 is 1.27 bits per heavy atom. The van der Waals surface area contributed by atoms with Gasteiger partial charge < -0.3 is 49.2 Å². The van der Waals surface area contributed by atoms with Crippen molar-refractivity contribution in [3.8, 4) is 5.75 Å². The van der Waals surface area contributed by atoms with Crippen LogP contribution in [0, 0.1) is 47.8 Å². The summed E-state index contributed by atoms with van der Waals surface area (Å²) in [4.78, 5) is 0. The van der Waals surface area contributed by atoms with Crippen molar-refractivity contribution >= 4 is 11.6 Å². The first-order valence-electron chi connectivity index (χ1n) is 30.3. The number of aryl methyl sites for hydroxylation is 2. The van der Waals surface area contributed by atoms with Crippen molar-refractivity contribution in [2.24, 2.45) is 34.0 Å². The van der Waals surface area contributed by atoms with Crippen LogP contribution in [0.4, 0.5) is 0 Å². The Bertz CT molecular complexity index is 2660.